The zero-order valence-electron chi connectivity index (χ0n) is 14.2. The Labute approximate surface area is 138 Å². The van der Waals surface area contributed by atoms with Crippen LogP contribution in [0.25, 0.3) is 0 Å². The first-order valence-corrected chi connectivity index (χ1v) is 9.96. The molecule has 1 N–H and O–H groups in total. The van der Waals surface area contributed by atoms with Gasteiger partial charge in [0, 0.05) is 52.4 Å². The molecule has 134 valence electrons. The molecule has 2 rings (SSSR count). The van der Waals surface area contributed by atoms with Gasteiger partial charge in [-0.25, -0.2) is 13.2 Å². The minimum atomic E-state index is -3.16. The fraction of sp³-hybridized carbons (Fsp3) is 0.929. The maximum absolute atomic E-state index is 12.1. The molecule has 9 heteroatoms. The summed E-state index contributed by atoms with van der Waals surface area (Å²) < 4.78 is 30.0. The van der Waals surface area contributed by atoms with Gasteiger partial charge in [0.05, 0.1) is 18.5 Å². The van der Waals surface area contributed by atoms with Crippen LogP contribution in [0.3, 0.4) is 0 Å². The van der Waals surface area contributed by atoms with E-state index in [-0.39, 0.29) is 18.2 Å². The van der Waals surface area contributed by atoms with Crippen LogP contribution in [0.15, 0.2) is 0 Å². The van der Waals surface area contributed by atoms with E-state index in [9.17, 15) is 13.2 Å². The van der Waals surface area contributed by atoms with Crippen molar-refractivity contribution in [3.8, 4) is 0 Å². The number of piperazine rings is 1. The van der Waals surface area contributed by atoms with Crippen molar-refractivity contribution in [3.05, 3.63) is 0 Å². The highest BCUT2D eigenvalue weighted by Crippen LogP contribution is 2.10. The zero-order chi connectivity index (χ0) is 17.0. The van der Waals surface area contributed by atoms with E-state index in [1.54, 1.807) is 4.90 Å². The van der Waals surface area contributed by atoms with Crippen molar-refractivity contribution in [3.63, 3.8) is 0 Å². The largest absolute Gasteiger partial charge is 0.373 e. The Morgan fingerprint density at radius 1 is 1.13 bits per heavy atom. The Hall–Kier alpha value is -0.900. The lowest BCUT2D eigenvalue weighted by atomic mass is 10.2. The molecule has 0 radical (unpaired) electrons. The summed E-state index contributed by atoms with van der Waals surface area (Å²) >= 11 is 0. The van der Waals surface area contributed by atoms with E-state index in [2.05, 4.69) is 24.1 Å². The molecule has 2 heterocycles. The Kier molecular flexibility index (Phi) is 6.24. The number of rotatable bonds is 4. The van der Waals surface area contributed by atoms with Gasteiger partial charge in [0.1, 0.15) is 0 Å². The number of nitrogens with one attached hydrogen (secondary N) is 1. The minimum absolute atomic E-state index is 0.118. The Bertz CT molecular complexity index is 495. The van der Waals surface area contributed by atoms with Crippen LogP contribution < -0.4 is 5.32 Å². The summed E-state index contributed by atoms with van der Waals surface area (Å²) in [7, 11) is -3.16. The summed E-state index contributed by atoms with van der Waals surface area (Å²) in [6.07, 6.45) is 1.64. The van der Waals surface area contributed by atoms with Gasteiger partial charge in [0.25, 0.3) is 0 Å². The van der Waals surface area contributed by atoms with Crippen molar-refractivity contribution in [2.75, 3.05) is 58.6 Å². The molecule has 2 amide bonds. The highest BCUT2D eigenvalue weighted by atomic mass is 32.2. The SMILES string of the molecule is CC1CN(CCNC(=O)N2CCN(S(C)(=O)=O)CC2)CC(C)O1. The fourth-order valence-corrected chi connectivity index (χ4v) is 3.95. The number of carbonyl (C=O) groups excluding carboxylic acids is 1. The van der Waals surface area contributed by atoms with E-state index in [4.69, 9.17) is 4.74 Å². The molecule has 0 aromatic rings. The number of hydrogen-bond donors (Lipinski definition) is 1. The molecule has 0 spiro atoms. The topological polar surface area (TPSA) is 82.2 Å². The summed E-state index contributed by atoms with van der Waals surface area (Å²) in [5.74, 6) is 0. The first-order valence-electron chi connectivity index (χ1n) is 8.11. The van der Waals surface area contributed by atoms with Crippen LogP contribution in [-0.4, -0.2) is 99.4 Å². The molecule has 2 unspecified atom stereocenters. The standard InChI is InChI=1S/C14H28N4O4S/c1-12-10-16(11-13(2)22-12)5-4-15-14(19)17-6-8-18(9-7-17)23(3,20)21/h12-13H,4-11H2,1-3H3,(H,15,19). The van der Waals surface area contributed by atoms with Crippen LogP contribution in [0.5, 0.6) is 0 Å². The first-order chi connectivity index (χ1) is 10.8. The molecule has 0 aliphatic carbocycles. The van der Waals surface area contributed by atoms with Crippen molar-refractivity contribution in [1.82, 2.24) is 19.4 Å². The second-order valence-electron chi connectivity index (χ2n) is 6.40. The molecule has 23 heavy (non-hydrogen) atoms. The van der Waals surface area contributed by atoms with Gasteiger partial charge in [-0.05, 0) is 13.8 Å². The predicted molar refractivity (Wildman–Crippen MR) is 87.8 cm³/mol. The monoisotopic (exact) mass is 348 g/mol. The first kappa shape index (κ1) is 18.4. The van der Waals surface area contributed by atoms with Crippen molar-refractivity contribution in [2.45, 2.75) is 26.1 Å². The lowest BCUT2D eigenvalue weighted by Crippen LogP contribution is -2.54. The van der Waals surface area contributed by atoms with Gasteiger partial charge in [-0.2, -0.15) is 4.31 Å². The van der Waals surface area contributed by atoms with Gasteiger partial charge >= 0.3 is 6.03 Å². The molecular formula is C14H28N4O4S. The van der Waals surface area contributed by atoms with E-state index in [1.807, 2.05) is 0 Å². The van der Waals surface area contributed by atoms with Crippen LogP contribution in [0.2, 0.25) is 0 Å². The molecule has 2 aliphatic heterocycles. The molecule has 0 aromatic heterocycles. The number of carbonyl (C=O) groups is 1. The molecule has 2 fully saturated rings. The summed E-state index contributed by atoms with van der Waals surface area (Å²) in [4.78, 5) is 16.1. The van der Waals surface area contributed by atoms with E-state index < -0.39 is 10.0 Å². The average molecular weight is 348 g/mol. The molecule has 2 saturated heterocycles. The summed E-state index contributed by atoms with van der Waals surface area (Å²) in [6.45, 7) is 8.87. The average Bonchev–Trinajstić information content (AvgIpc) is 2.45. The van der Waals surface area contributed by atoms with Crippen LogP contribution in [0.1, 0.15) is 13.8 Å². The molecule has 8 nitrogen and oxygen atoms in total. The second-order valence-corrected chi connectivity index (χ2v) is 8.38. The van der Waals surface area contributed by atoms with Crippen LogP contribution >= 0.6 is 0 Å². The van der Waals surface area contributed by atoms with Crippen molar-refractivity contribution in [2.24, 2.45) is 0 Å². The van der Waals surface area contributed by atoms with Crippen LogP contribution in [0.4, 0.5) is 4.79 Å². The third-order valence-electron chi connectivity index (χ3n) is 4.19. The predicted octanol–water partition coefficient (Wildman–Crippen LogP) is -0.618. The Morgan fingerprint density at radius 2 is 1.70 bits per heavy atom. The number of sulfonamides is 1. The van der Waals surface area contributed by atoms with Crippen molar-refractivity contribution in [1.29, 1.82) is 0 Å². The Morgan fingerprint density at radius 3 is 2.22 bits per heavy atom. The summed E-state index contributed by atoms with van der Waals surface area (Å²) in [5.41, 5.74) is 0. The van der Waals surface area contributed by atoms with Crippen LogP contribution in [-0.2, 0) is 14.8 Å². The summed E-state index contributed by atoms with van der Waals surface area (Å²) in [6, 6.07) is -0.118. The van der Waals surface area contributed by atoms with Gasteiger partial charge in [-0.1, -0.05) is 0 Å². The number of morpholine rings is 1. The molecule has 0 bridgehead atoms. The van der Waals surface area contributed by atoms with Crippen LogP contribution in [0, 0.1) is 0 Å². The number of nitrogens with zero attached hydrogens (tertiary/aromatic N) is 3. The third-order valence-corrected chi connectivity index (χ3v) is 5.50. The zero-order valence-corrected chi connectivity index (χ0v) is 15.0. The number of urea groups is 1. The number of ether oxygens (including phenoxy) is 1. The normalized spacial score (nSPS) is 27.9. The van der Waals surface area contributed by atoms with Gasteiger partial charge < -0.3 is 15.0 Å². The minimum Gasteiger partial charge on any atom is -0.373 e. The lowest BCUT2D eigenvalue weighted by molar-refractivity contribution is -0.0672. The van der Waals surface area contributed by atoms with Gasteiger partial charge in [0.2, 0.25) is 10.0 Å². The molecule has 2 aliphatic rings. The Balaban J connectivity index is 1.68. The van der Waals surface area contributed by atoms with Crippen molar-refractivity contribution >= 4 is 16.1 Å². The van der Waals surface area contributed by atoms with Gasteiger partial charge in [-0.15, -0.1) is 0 Å². The van der Waals surface area contributed by atoms with Crippen molar-refractivity contribution < 1.29 is 17.9 Å². The summed E-state index contributed by atoms with van der Waals surface area (Å²) in [5, 5.41) is 2.92. The van der Waals surface area contributed by atoms with E-state index in [1.165, 1.54) is 10.6 Å². The molecule has 0 aromatic carbocycles. The van der Waals surface area contributed by atoms with Gasteiger partial charge in [0.15, 0.2) is 0 Å². The maximum Gasteiger partial charge on any atom is 0.317 e. The van der Waals surface area contributed by atoms with E-state index >= 15 is 0 Å². The fourth-order valence-electron chi connectivity index (χ4n) is 3.12. The highest BCUT2D eigenvalue weighted by molar-refractivity contribution is 7.88. The maximum atomic E-state index is 12.1. The molecule has 2 atom stereocenters. The second kappa shape index (κ2) is 7.78. The van der Waals surface area contributed by atoms with E-state index in [0.29, 0.717) is 32.7 Å². The van der Waals surface area contributed by atoms with Gasteiger partial charge in [-0.3, -0.25) is 4.90 Å². The van der Waals surface area contributed by atoms with E-state index in [0.717, 1.165) is 19.6 Å². The smallest absolute Gasteiger partial charge is 0.317 e. The number of hydrogen-bond acceptors (Lipinski definition) is 5. The highest BCUT2D eigenvalue weighted by Gasteiger charge is 2.26. The lowest BCUT2D eigenvalue weighted by Gasteiger charge is -2.36. The molecule has 0 saturated carbocycles. The quantitative estimate of drug-likeness (QED) is 0.732. The third kappa shape index (κ3) is 5.59. The molecular weight excluding hydrogens is 320 g/mol. The number of amides is 2.